The monoisotopic (exact) mass is 485 g/mol. The number of carbonyl (C=O) groups is 1. The van der Waals surface area contributed by atoms with Crippen molar-refractivity contribution in [1.29, 1.82) is 0 Å². The van der Waals surface area contributed by atoms with Crippen LogP contribution in [0.4, 0.5) is 11.7 Å². The number of anilines is 2. The number of aromatic nitrogens is 2. The highest BCUT2D eigenvalue weighted by Crippen LogP contribution is 2.36. The normalized spacial score (nSPS) is 23.6. The number of nitrogens with one attached hydrogen (secondary N) is 2. The summed E-state index contributed by atoms with van der Waals surface area (Å²) in [6, 6.07) is 18.4. The van der Waals surface area contributed by atoms with Gasteiger partial charge in [-0.1, -0.05) is 53.6 Å². The van der Waals surface area contributed by atoms with Gasteiger partial charge in [0.2, 0.25) is 12.1 Å². The second-order valence-corrected chi connectivity index (χ2v) is 9.80. The predicted molar refractivity (Wildman–Crippen MR) is 138 cm³/mol. The summed E-state index contributed by atoms with van der Waals surface area (Å²) in [5.74, 6) is 0.334. The standard InChI is InChI=1S/C27H31N7O2/c1-33-16-13-19(14-17-33)34-15-7-12-22(34)26-31-32-27(36-26)30-24-25(35)28-21-11-6-5-10-20(21)23(29-24)18-8-3-2-4-9-18/h2-6,8-11,19,22,24H,7,12-17H2,1H3,(H,28,35)(H,30,32)/t22-,24?/m0/s1. The molecule has 9 nitrogen and oxygen atoms in total. The fraction of sp³-hybridized carbons (Fsp3) is 0.407. The van der Waals surface area contributed by atoms with Crippen LogP contribution < -0.4 is 10.6 Å². The Bertz CT molecular complexity index is 1250. The van der Waals surface area contributed by atoms with Gasteiger partial charge in [-0.3, -0.25) is 9.69 Å². The zero-order valence-corrected chi connectivity index (χ0v) is 20.4. The van der Waals surface area contributed by atoms with E-state index in [4.69, 9.17) is 9.41 Å². The van der Waals surface area contributed by atoms with E-state index in [2.05, 4.69) is 37.7 Å². The summed E-state index contributed by atoms with van der Waals surface area (Å²) in [6.45, 7) is 3.29. The fourth-order valence-electron chi connectivity index (χ4n) is 5.54. The highest BCUT2D eigenvalue weighted by atomic mass is 16.4. The van der Waals surface area contributed by atoms with Gasteiger partial charge >= 0.3 is 6.01 Å². The van der Waals surface area contributed by atoms with Crippen molar-refractivity contribution >= 4 is 23.3 Å². The number of fused-ring (bicyclic) bond motifs is 1. The summed E-state index contributed by atoms with van der Waals surface area (Å²) in [4.78, 5) is 22.9. The molecule has 3 aliphatic rings. The van der Waals surface area contributed by atoms with E-state index in [1.54, 1.807) is 0 Å². The lowest BCUT2D eigenvalue weighted by atomic mass is 10.0. The summed E-state index contributed by atoms with van der Waals surface area (Å²) in [6.07, 6.45) is 3.53. The molecule has 2 saturated heterocycles. The number of hydrogen-bond donors (Lipinski definition) is 2. The molecule has 1 aromatic heterocycles. The fourth-order valence-corrected chi connectivity index (χ4v) is 5.54. The molecular weight excluding hydrogens is 454 g/mol. The molecule has 0 aliphatic carbocycles. The first-order valence-electron chi connectivity index (χ1n) is 12.7. The van der Waals surface area contributed by atoms with Crippen molar-refractivity contribution in [2.24, 2.45) is 4.99 Å². The Morgan fingerprint density at radius 2 is 1.75 bits per heavy atom. The molecule has 2 N–H and O–H groups in total. The molecule has 9 heteroatoms. The maximum absolute atomic E-state index is 13.1. The number of para-hydroxylation sites is 1. The molecule has 3 aliphatic heterocycles. The molecule has 4 heterocycles. The molecule has 0 bridgehead atoms. The SMILES string of the molecule is CN1CCC(N2CCC[C@H]2c2nnc(NC3N=C(c4ccccc4)c4ccccc4NC3=O)o2)CC1. The van der Waals surface area contributed by atoms with Crippen molar-refractivity contribution in [2.75, 3.05) is 37.3 Å². The molecule has 36 heavy (non-hydrogen) atoms. The van der Waals surface area contributed by atoms with E-state index >= 15 is 0 Å². The van der Waals surface area contributed by atoms with Crippen LogP contribution in [0.2, 0.25) is 0 Å². The molecule has 2 atom stereocenters. The van der Waals surface area contributed by atoms with Gasteiger partial charge in [0.05, 0.1) is 17.4 Å². The number of piperidine rings is 1. The van der Waals surface area contributed by atoms with Crippen molar-refractivity contribution in [3.8, 4) is 0 Å². The van der Waals surface area contributed by atoms with Crippen molar-refractivity contribution in [2.45, 2.75) is 43.9 Å². The van der Waals surface area contributed by atoms with Crippen LogP contribution in [0.3, 0.4) is 0 Å². The number of nitrogens with zero attached hydrogens (tertiary/aromatic N) is 5. The van der Waals surface area contributed by atoms with Crippen molar-refractivity contribution in [3.05, 3.63) is 71.6 Å². The van der Waals surface area contributed by atoms with Gasteiger partial charge in [-0.05, 0) is 58.4 Å². The Balaban J connectivity index is 1.24. The second kappa shape index (κ2) is 9.83. The second-order valence-electron chi connectivity index (χ2n) is 9.80. The molecule has 1 unspecified atom stereocenters. The highest BCUT2D eigenvalue weighted by molar-refractivity contribution is 6.19. The summed E-state index contributed by atoms with van der Waals surface area (Å²) in [7, 11) is 2.18. The van der Waals surface area contributed by atoms with E-state index < -0.39 is 6.17 Å². The van der Waals surface area contributed by atoms with E-state index in [9.17, 15) is 4.79 Å². The summed E-state index contributed by atoms with van der Waals surface area (Å²) >= 11 is 0. The minimum absolute atomic E-state index is 0.122. The first kappa shape index (κ1) is 22.9. The Morgan fingerprint density at radius 3 is 2.58 bits per heavy atom. The number of benzodiazepines with no additional fused rings is 1. The molecule has 1 amide bonds. The number of hydrogen-bond acceptors (Lipinski definition) is 8. The van der Waals surface area contributed by atoms with Gasteiger partial charge < -0.3 is 20.0 Å². The third kappa shape index (κ3) is 4.52. The number of aliphatic imine (C=N–C) groups is 1. The smallest absolute Gasteiger partial charge is 0.317 e. The summed E-state index contributed by atoms with van der Waals surface area (Å²) in [5.41, 5.74) is 3.25. The van der Waals surface area contributed by atoms with Gasteiger partial charge in [-0.25, -0.2) is 4.99 Å². The van der Waals surface area contributed by atoms with Gasteiger partial charge in [0, 0.05) is 17.2 Å². The maximum atomic E-state index is 13.1. The van der Waals surface area contributed by atoms with Gasteiger partial charge in [0.15, 0.2) is 0 Å². The minimum atomic E-state index is -0.908. The zero-order chi connectivity index (χ0) is 24.5. The van der Waals surface area contributed by atoms with Gasteiger partial charge in [0.1, 0.15) is 0 Å². The van der Waals surface area contributed by atoms with E-state index in [0.29, 0.717) is 11.9 Å². The molecule has 0 saturated carbocycles. The molecule has 186 valence electrons. The van der Waals surface area contributed by atoms with Crippen LogP contribution in [0.15, 0.2) is 64.0 Å². The van der Waals surface area contributed by atoms with Crippen LogP contribution in [0.1, 0.15) is 48.7 Å². The highest BCUT2D eigenvalue weighted by Gasteiger charge is 2.36. The van der Waals surface area contributed by atoms with E-state index in [0.717, 1.165) is 67.8 Å². The van der Waals surface area contributed by atoms with Crippen LogP contribution in [-0.2, 0) is 4.79 Å². The largest absolute Gasteiger partial charge is 0.406 e. The van der Waals surface area contributed by atoms with Crippen LogP contribution >= 0.6 is 0 Å². The van der Waals surface area contributed by atoms with Crippen molar-refractivity contribution in [1.82, 2.24) is 20.0 Å². The van der Waals surface area contributed by atoms with Crippen molar-refractivity contribution < 1.29 is 9.21 Å². The Morgan fingerprint density at radius 1 is 0.972 bits per heavy atom. The van der Waals surface area contributed by atoms with Crippen LogP contribution in [0, 0.1) is 0 Å². The topological polar surface area (TPSA) is 98.9 Å². The molecule has 6 rings (SSSR count). The molecule has 2 aromatic carbocycles. The molecule has 0 spiro atoms. The third-order valence-electron chi connectivity index (χ3n) is 7.43. The van der Waals surface area contributed by atoms with Crippen molar-refractivity contribution in [3.63, 3.8) is 0 Å². The minimum Gasteiger partial charge on any atom is -0.406 e. The number of amides is 1. The zero-order valence-electron chi connectivity index (χ0n) is 20.4. The van der Waals surface area contributed by atoms with Gasteiger partial charge in [0.25, 0.3) is 5.91 Å². The Hall–Kier alpha value is -3.56. The van der Waals surface area contributed by atoms with Crippen LogP contribution in [-0.4, -0.2) is 70.5 Å². The van der Waals surface area contributed by atoms with Crippen LogP contribution in [0.5, 0.6) is 0 Å². The first-order valence-corrected chi connectivity index (χ1v) is 12.7. The Kier molecular flexibility index (Phi) is 6.25. The van der Waals surface area contributed by atoms with E-state index in [1.807, 2.05) is 54.6 Å². The number of rotatable bonds is 5. The molecule has 2 fully saturated rings. The van der Waals surface area contributed by atoms with Gasteiger partial charge in [-0.15, -0.1) is 5.10 Å². The number of carbonyl (C=O) groups excluding carboxylic acids is 1. The maximum Gasteiger partial charge on any atom is 0.317 e. The van der Waals surface area contributed by atoms with Gasteiger partial charge in [-0.2, -0.15) is 0 Å². The average molecular weight is 486 g/mol. The third-order valence-corrected chi connectivity index (χ3v) is 7.43. The molecular formula is C27H31N7O2. The summed E-state index contributed by atoms with van der Waals surface area (Å²) in [5, 5.41) is 14.7. The first-order chi connectivity index (χ1) is 17.7. The lowest BCUT2D eigenvalue weighted by Gasteiger charge is -2.37. The Labute approximate surface area is 210 Å². The predicted octanol–water partition coefficient (Wildman–Crippen LogP) is 3.53. The molecule has 3 aromatic rings. The molecule has 0 radical (unpaired) electrons. The van der Waals surface area contributed by atoms with Crippen LogP contribution in [0.25, 0.3) is 0 Å². The lowest BCUT2D eigenvalue weighted by Crippen LogP contribution is -2.43. The average Bonchev–Trinajstić information content (AvgIpc) is 3.55. The summed E-state index contributed by atoms with van der Waals surface area (Å²) < 4.78 is 6.09. The quantitative estimate of drug-likeness (QED) is 0.570. The lowest BCUT2D eigenvalue weighted by molar-refractivity contribution is -0.116. The number of benzene rings is 2. The number of likely N-dealkylation sites (tertiary alicyclic amines) is 2. The van der Waals surface area contributed by atoms with E-state index in [1.165, 1.54) is 0 Å². The van der Waals surface area contributed by atoms with E-state index in [-0.39, 0.29) is 18.0 Å².